The minimum atomic E-state index is -0.571. The van der Waals surface area contributed by atoms with Crippen LogP contribution in [0.3, 0.4) is 0 Å². The van der Waals surface area contributed by atoms with Gasteiger partial charge in [0.2, 0.25) is 12.7 Å². The van der Waals surface area contributed by atoms with Crippen LogP contribution in [0, 0.1) is 12.3 Å². The van der Waals surface area contributed by atoms with Crippen molar-refractivity contribution in [3.8, 4) is 5.88 Å². The van der Waals surface area contributed by atoms with Crippen molar-refractivity contribution in [3.63, 3.8) is 0 Å². The Bertz CT molecular complexity index is 863. The highest BCUT2D eigenvalue weighted by atomic mass is 35.5. The van der Waals surface area contributed by atoms with Gasteiger partial charge in [0.25, 0.3) is 0 Å². The van der Waals surface area contributed by atoms with Gasteiger partial charge in [0.15, 0.2) is 5.16 Å². The Labute approximate surface area is 174 Å². The Hall–Kier alpha value is -1.86. The van der Waals surface area contributed by atoms with Crippen molar-refractivity contribution in [2.75, 3.05) is 6.79 Å². The van der Waals surface area contributed by atoms with E-state index in [-0.39, 0.29) is 12.8 Å². The summed E-state index contributed by atoms with van der Waals surface area (Å²) in [5.41, 5.74) is 3.49. The van der Waals surface area contributed by atoms with Gasteiger partial charge in [0, 0.05) is 23.1 Å². The maximum atomic E-state index is 11.9. The smallest absolute Gasteiger partial charge is 0.314 e. The first-order valence-corrected chi connectivity index (χ1v) is 10.5. The molecular weight excluding hydrogens is 398 g/mol. The molecule has 28 heavy (non-hydrogen) atoms. The molecule has 1 aliphatic carbocycles. The van der Waals surface area contributed by atoms with Crippen molar-refractivity contribution in [1.29, 1.82) is 0 Å². The number of nitrogens with zero attached hydrogens (tertiary/aromatic N) is 3. The fourth-order valence-corrected chi connectivity index (χ4v) is 4.09. The Morgan fingerprint density at radius 1 is 1.29 bits per heavy atom. The SMILES string of the molecule is Cc1ccnc(Cl)c1CSc1nc2c(c(OCOC(=O)C(C)(C)C)n1)CCC2. The minimum Gasteiger partial charge on any atom is -0.440 e. The number of hydrogen-bond donors (Lipinski definition) is 0. The van der Waals surface area contributed by atoms with Crippen LogP contribution in [0.15, 0.2) is 17.4 Å². The van der Waals surface area contributed by atoms with Crippen LogP contribution in [0.1, 0.15) is 49.6 Å². The third-order valence-corrected chi connectivity index (χ3v) is 5.66. The summed E-state index contributed by atoms with van der Waals surface area (Å²) in [4.78, 5) is 25.3. The lowest BCUT2D eigenvalue weighted by Crippen LogP contribution is -2.25. The molecule has 2 heterocycles. The number of thioether (sulfide) groups is 1. The van der Waals surface area contributed by atoms with Gasteiger partial charge in [0.05, 0.1) is 11.1 Å². The third-order valence-electron chi connectivity index (χ3n) is 4.46. The molecule has 0 aliphatic heterocycles. The van der Waals surface area contributed by atoms with Crippen LogP contribution in [0.5, 0.6) is 5.88 Å². The van der Waals surface area contributed by atoms with Crippen LogP contribution >= 0.6 is 23.4 Å². The highest BCUT2D eigenvalue weighted by Crippen LogP contribution is 2.32. The topological polar surface area (TPSA) is 74.2 Å². The number of ether oxygens (including phenoxy) is 2. The van der Waals surface area contributed by atoms with Gasteiger partial charge in [0.1, 0.15) is 5.15 Å². The van der Waals surface area contributed by atoms with Crippen molar-refractivity contribution in [3.05, 3.63) is 39.8 Å². The molecule has 2 aromatic rings. The summed E-state index contributed by atoms with van der Waals surface area (Å²) in [5.74, 6) is 0.811. The number of carbonyl (C=O) groups excluding carboxylic acids is 1. The molecule has 0 unspecified atom stereocenters. The Morgan fingerprint density at radius 3 is 2.79 bits per heavy atom. The normalized spacial score (nSPS) is 13.3. The van der Waals surface area contributed by atoms with E-state index in [4.69, 9.17) is 21.1 Å². The molecular formula is C20H24ClN3O3S. The Balaban J connectivity index is 1.71. The second kappa shape index (κ2) is 8.66. The van der Waals surface area contributed by atoms with Gasteiger partial charge < -0.3 is 9.47 Å². The number of aryl methyl sites for hydroxylation is 2. The van der Waals surface area contributed by atoms with E-state index in [2.05, 4.69) is 15.0 Å². The zero-order chi connectivity index (χ0) is 20.3. The molecule has 8 heteroatoms. The minimum absolute atomic E-state index is 0.156. The maximum absolute atomic E-state index is 11.9. The van der Waals surface area contributed by atoms with E-state index >= 15 is 0 Å². The van der Waals surface area contributed by atoms with Crippen molar-refractivity contribution in [2.24, 2.45) is 5.41 Å². The highest BCUT2D eigenvalue weighted by molar-refractivity contribution is 7.98. The summed E-state index contributed by atoms with van der Waals surface area (Å²) in [7, 11) is 0. The van der Waals surface area contributed by atoms with Crippen LogP contribution in [-0.2, 0) is 28.1 Å². The zero-order valence-electron chi connectivity index (χ0n) is 16.5. The highest BCUT2D eigenvalue weighted by Gasteiger charge is 2.24. The van der Waals surface area contributed by atoms with Crippen LogP contribution in [0.2, 0.25) is 5.15 Å². The number of pyridine rings is 1. The van der Waals surface area contributed by atoms with Crippen LogP contribution in [0.4, 0.5) is 0 Å². The summed E-state index contributed by atoms with van der Waals surface area (Å²) in [6.45, 7) is 7.26. The molecule has 150 valence electrons. The lowest BCUT2D eigenvalue weighted by molar-refractivity contribution is -0.159. The zero-order valence-corrected chi connectivity index (χ0v) is 18.1. The van der Waals surface area contributed by atoms with E-state index in [0.29, 0.717) is 21.9 Å². The van der Waals surface area contributed by atoms with E-state index < -0.39 is 5.41 Å². The predicted molar refractivity (Wildman–Crippen MR) is 109 cm³/mol. The quantitative estimate of drug-likeness (QED) is 0.223. The summed E-state index contributed by atoms with van der Waals surface area (Å²) in [5, 5.41) is 1.12. The second-order valence-electron chi connectivity index (χ2n) is 7.72. The van der Waals surface area contributed by atoms with Crippen LogP contribution in [0.25, 0.3) is 0 Å². The lowest BCUT2D eigenvalue weighted by Gasteiger charge is -2.17. The molecule has 0 atom stereocenters. The number of rotatable bonds is 6. The molecule has 0 saturated carbocycles. The maximum Gasteiger partial charge on any atom is 0.314 e. The summed E-state index contributed by atoms with van der Waals surface area (Å²) >= 11 is 7.71. The molecule has 3 rings (SSSR count). The number of aromatic nitrogens is 3. The van der Waals surface area contributed by atoms with Crippen LogP contribution < -0.4 is 4.74 Å². The Morgan fingerprint density at radius 2 is 2.07 bits per heavy atom. The van der Waals surface area contributed by atoms with E-state index in [1.807, 2.05) is 13.0 Å². The molecule has 0 aromatic carbocycles. The van der Waals surface area contributed by atoms with E-state index in [0.717, 1.165) is 41.6 Å². The first-order chi connectivity index (χ1) is 13.3. The van der Waals surface area contributed by atoms with E-state index in [1.165, 1.54) is 11.8 Å². The van der Waals surface area contributed by atoms with Crippen molar-refractivity contribution >= 4 is 29.3 Å². The molecule has 6 nitrogen and oxygen atoms in total. The molecule has 0 amide bonds. The van der Waals surface area contributed by atoms with Gasteiger partial charge in [-0.1, -0.05) is 23.4 Å². The summed E-state index contributed by atoms with van der Waals surface area (Å²) in [6, 6.07) is 1.93. The second-order valence-corrected chi connectivity index (χ2v) is 9.02. The van der Waals surface area contributed by atoms with Gasteiger partial charge in [-0.25, -0.2) is 9.97 Å². The summed E-state index contributed by atoms with van der Waals surface area (Å²) < 4.78 is 10.9. The molecule has 0 bridgehead atoms. The molecule has 0 N–H and O–H groups in total. The number of halogens is 1. The number of fused-ring (bicyclic) bond motifs is 1. The fourth-order valence-electron chi connectivity index (χ4n) is 2.78. The molecule has 0 radical (unpaired) electrons. The van der Waals surface area contributed by atoms with Gasteiger partial charge in [-0.2, -0.15) is 4.98 Å². The largest absolute Gasteiger partial charge is 0.440 e. The summed E-state index contributed by atoms with van der Waals surface area (Å²) in [6.07, 6.45) is 4.49. The average Bonchev–Trinajstić information content (AvgIpc) is 3.09. The van der Waals surface area contributed by atoms with Crippen LogP contribution in [-0.4, -0.2) is 27.7 Å². The fraction of sp³-hybridized carbons (Fsp3) is 0.500. The first-order valence-electron chi connectivity index (χ1n) is 9.18. The van der Waals surface area contributed by atoms with Gasteiger partial charge in [-0.3, -0.25) is 4.79 Å². The number of hydrogen-bond acceptors (Lipinski definition) is 7. The molecule has 2 aromatic heterocycles. The van der Waals surface area contributed by atoms with Gasteiger partial charge >= 0.3 is 5.97 Å². The predicted octanol–water partition coefficient (Wildman–Crippen LogP) is 4.54. The molecule has 1 aliphatic rings. The Kier molecular flexibility index (Phi) is 6.45. The monoisotopic (exact) mass is 421 g/mol. The third kappa shape index (κ3) is 4.94. The van der Waals surface area contributed by atoms with Crippen molar-refractivity contribution < 1.29 is 14.3 Å². The first kappa shape index (κ1) is 20.9. The lowest BCUT2D eigenvalue weighted by atomic mass is 9.98. The van der Waals surface area contributed by atoms with E-state index in [1.54, 1.807) is 27.0 Å². The molecule has 0 spiro atoms. The standard InChI is InChI=1S/C20H24ClN3O3S/c1-12-8-9-22-16(21)14(12)10-28-19-23-15-7-5-6-13(15)17(24-19)26-11-27-18(25)20(2,3)4/h8-9H,5-7,10-11H2,1-4H3. The number of esters is 1. The van der Waals surface area contributed by atoms with Crippen molar-refractivity contribution in [1.82, 2.24) is 15.0 Å². The number of carbonyl (C=O) groups is 1. The molecule has 0 fully saturated rings. The molecule has 0 saturated heterocycles. The van der Waals surface area contributed by atoms with Crippen molar-refractivity contribution in [2.45, 2.75) is 57.9 Å². The van der Waals surface area contributed by atoms with Gasteiger partial charge in [-0.15, -0.1) is 0 Å². The van der Waals surface area contributed by atoms with Gasteiger partial charge in [-0.05, 0) is 58.6 Å². The average molecular weight is 422 g/mol. The van der Waals surface area contributed by atoms with E-state index in [9.17, 15) is 4.79 Å².